The van der Waals surface area contributed by atoms with Crippen LogP contribution in [0.15, 0.2) is 36.4 Å². The standard InChI is InChI=1S/C18H16ClN3O2/c19-14-9-15-16(10-20-18(23)22-15)21-17(14)13-3-1-11(2-4-13)12-5-7-24-8-6-12/h1-5,9H,6-8,10H2,(H2,20,22,23). The number of fused-ring (bicyclic) bond motifs is 1. The summed E-state index contributed by atoms with van der Waals surface area (Å²) in [4.78, 5) is 16.0. The molecule has 6 heteroatoms. The molecule has 2 aliphatic heterocycles. The fourth-order valence-corrected chi connectivity index (χ4v) is 3.19. The van der Waals surface area contributed by atoms with Gasteiger partial charge in [-0.1, -0.05) is 41.9 Å². The molecule has 0 aliphatic carbocycles. The summed E-state index contributed by atoms with van der Waals surface area (Å²) >= 11 is 6.37. The third-order valence-corrected chi connectivity index (χ3v) is 4.50. The first kappa shape index (κ1) is 15.2. The number of hydrogen-bond donors (Lipinski definition) is 2. The molecule has 2 aliphatic rings. The first-order chi connectivity index (χ1) is 11.7. The third kappa shape index (κ3) is 2.88. The molecule has 24 heavy (non-hydrogen) atoms. The van der Waals surface area contributed by atoms with Crippen molar-refractivity contribution in [3.05, 3.63) is 52.7 Å². The maximum atomic E-state index is 11.4. The first-order valence-corrected chi connectivity index (χ1v) is 8.20. The molecular formula is C18H16ClN3O2. The largest absolute Gasteiger partial charge is 0.377 e. The first-order valence-electron chi connectivity index (χ1n) is 7.82. The quantitative estimate of drug-likeness (QED) is 0.872. The zero-order chi connectivity index (χ0) is 16.5. The SMILES string of the molecule is O=C1NCc2nc(-c3ccc(C4=CCOCC4)cc3)c(Cl)cc2N1. The number of pyridine rings is 1. The van der Waals surface area contributed by atoms with Crippen molar-refractivity contribution in [2.75, 3.05) is 18.5 Å². The predicted octanol–water partition coefficient (Wildman–Crippen LogP) is 3.84. The highest BCUT2D eigenvalue weighted by molar-refractivity contribution is 6.33. The number of rotatable bonds is 2. The van der Waals surface area contributed by atoms with Crippen LogP contribution in [-0.2, 0) is 11.3 Å². The van der Waals surface area contributed by atoms with E-state index >= 15 is 0 Å². The van der Waals surface area contributed by atoms with Crippen LogP contribution in [-0.4, -0.2) is 24.2 Å². The Kier molecular flexibility index (Phi) is 3.96. The number of anilines is 1. The van der Waals surface area contributed by atoms with Crippen LogP contribution in [0, 0.1) is 0 Å². The predicted molar refractivity (Wildman–Crippen MR) is 94.0 cm³/mol. The summed E-state index contributed by atoms with van der Waals surface area (Å²) < 4.78 is 5.35. The molecule has 122 valence electrons. The molecule has 1 aromatic carbocycles. The minimum atomic E-state index is -0.234. The Morgan fingerprint density at radius 3 is 2.71 bits per heavy atom. The molecule has 0 saturated carbocycles. The average Bonchev–Trinajstić information content (AvgIpc) is 2.62. The van der Waals surface area contributed by atoms with Gasteiger partial charge >= 0.3 is 6.03 Å². The summed E-state index contributed by atoms with van der Waals surface area (Å²) in [6.45, 7) is 1.84. The molecular weight excluding hydrogens is 326 g/mol. The van der Waals surface area contributed by atoms with Crippen LogP contribution in [0.2, 0.25) is 5.02 Å². The Hall–Kier alpha value is -2.37. The van der Waals surface area contributed by atoms with Crippen molar-refractivity contribution in [1.29, 1.82) is 0 Å². The molecule has 5 nitrogen and oxygen atoms in total. The lowest BCUT2D eigenvalue weighted by atomic mass is 9.99. The summed E-state index contributed by atoms with van der Waals surface area (Å²) in [5, 5.41) is 5.95. The van der Waals surface area contributed by atoms with E-state index in [0.717, 1.165) is 30.0 Å². The number of nitrogens with one attached hydrogen (secondary N) is 2. The number of ether oxygens (including phenoxy) is 1. The van der Waals surface area contributed by atoms with E-state index in [0.29, 0.717) is 23.9 Å². The second-order valence-corrected chi connectivity index (χ2v) is 6.16. The van der Waals surface area contributed by atoms with Gasteiger partial charge in [0.2, 0.25) is 0 Å². The van der Waals surface area contributed by atoms with Crippen LogP contribution >= 0.6 is 11.6 Å². The Morgan fingerprint density at radius 2 is 1.96 bits per heavy atom. The van der Waals surface area contributed by atoms with E-state index < -0.39 is 0 Å². The van der Waals surface area contributed by atoms with Crippen molar-refractivity contribution in [3.8, 4) is 11.3 Å². The van der Waals surface area contributed by atoms with E-state index in [-0.39, 0.29) is 6.03 Å². The number of carbonyl (C=O) groups excluding carboxylic acids is 1. The van der Waals surface area contributed by atoms with E-state index in [2.05, 4.69) is 33.8 Å². The summed E-state index contributed by atoms with van der Waals surface area (Å²) in [7, 11) is 0. The number of carbonyl (C=O) groups is 1. The molecule has 0 fully saturated rings. The second-order valence-electron chi connectivity index (χ2n) is 5.75. The molecule has 2 N–H and O–H groups in total. The van der Waals surface area contributed by atoms with Crippen LogP contribution in [0.5, 0.6) is 0 Å². The highest BCUT2D eigenvalue weighted by Crippen LogP contribution is 2.32. The molecule has 0 saturated heterocycles. The lowest BCUT2D eigenvalue weighted by Crippen LogP contribution is -2.34. The maximum Gasteiger partial charge on any atom is 0.319 e. The monoisotopic (exact) mass is 341 g/mol. The highest BCUT2D eigenvalue weighted by Gasteiger charge is 2.18. The fourth-order valence-electron chi connectivity index (χ4n) is 2.93. The van der Waals surface area contributed by atoms with Gasteiger partial charge in [0.05, 0.1) is 41.9 Å². The number of benzene rings is 1. The van der Waals surface area contributed by atoms with E-state index in [4.69, 9.17) is 16.3 Å². The number of amides is 2. The summed E-state index contributed by atoms with van der Waals surface area (Å²) in [6, 6.07) is 9.75. The Morgan fingerprint density at radius 1 is 1.17 bits per heavy atom. The van der Waals surface area contributed by atoms with Crippen LogP contribution in [0.1, 0.15) is 17.7 Å². The molecule has 0 bridgehead atoms. The minimum absolute atomic E-state index is 0.234. The van der Waals surface area contributed by atoms with E-state index in [9.17, 15) is 4.79 Å². The van der Waals surface area contributed by atoms with Gasteiger partial charge in [0.25, 0.3) is 0 Å². The van der Waals surface area contributed by atoms with Gasteiger partial charge in [0, 0.05) is 5.56 Å². The molecule has 0 spiro atoms. The topological polar surface area (TPSA) is 63.2 Å². The smallest absolute Gasteiger partial charge is 0.319 e. The van der Waals surface area contributed by atoms with E-state index in [1.54, 1.807) is 6.07 Å². The van der Waals surface area contributed by atoms with Gasteiger partial charge in [-0.2, -0.15) is 0 Å². The van der Waals surface area contributed by atoms with Crippen molar-refractivity contribution >= 4 is 28.9 Å². The van der Waals surface area contributed by atoms with E-state index in [1.807, 2.05) is 12.1 Å². The van der Waals surface area contributed by atoms with Crippen molar-refractivity contribution < 1.29 is 9.53 Å². The van der Waals surface area contributed by atoms with Gasteiger partial charge in [-0.3, -0.25) is 0 Å². The minimum Gasteiger partial charge on any atom is -0.377 e. The number of aromatic nitrogens is 1. The third-order valence-electron chi connectivity index (χ3n) is 4.21. The molecule has 4 rings (SSSR count). The molecule has 0 atom stereocenters. The van der Waals surface area contributed by atoms with Crippen LogP contribution in [0.25, 0.3) is 16.8 Å². The summed E-state index contributed by atoms with van der Waals surface area (Å²) in [5.41, 5.74) is 5.63. The lowest BCUT2D eigenvalue weighted by Gasteiger charge is -2.19. The lowest BCUT2D eigenvalue weighted by molar-refractivity contribution is 0.161. The Bertz CT molecular complexity index is 831. The number of halogens is 1. The number of hydrogen-bond acceptors (Lipinski definition) is 3. The van der Waals surface area contributed by atoms with Gasteiger partial charge in [0.1, 0.15) is 0 Å². The molecule has 0 radical (unpaired) electrons. The van der Waals surface area contributed by atoms with Crippen molar-refractivity contribution in [2.24, 2.45) is 0 Å². The fraction of sp³-hybridized carbons (Fsp3) is 0.222. The summed E-state index contributed by atoms with van der Waals surface area (Å²) in [5.74, 6) is 0. The Labute approximate surface area is 144 Å². The molecule has 0 unspecified atom stereocenters. The maximum absolute atomic E-state index is 11.4. The van der Waals surface area contributed by atoms with Gasteiger partial charge in [-0.25, -0.2) is 9.78 Å². The number of nitrogens with zero attached hydrogens (tertiary/aromatic N) is 1. The second kappa shape index (κ2) is 6.26. The zero-order valence-electron chi connectivity index (χ0n) is 12.9. The van der Waals surface area contributed by atoms with Crippen molar-refractivity contribution in [2.45, 2.75) is 13.0 Å². The molecule has 2 aromatic rings. The van der Waals surface area contributed by atoms with Crippen LogP contribution < -0.4 is 10.6 Å². The van der Waals surface area contributed by atoms with Crippen molar-refractivity contribution in [3.63, 3.8) is 0 Å². The van der Waals surface area contributed by atoms with Crippen LogP contribution in [0.3, 0.4) is 0 Å². The molecule has 1 aromatic heterocycles. The normalized spacial score (nSPS) is 16.7. The van der Waals surface area contributed by atoms with Crippen molar-refractivity contribution in [1.82, 2.24) is 10.3 Å². The molecule has 3 heterocycles. The van der Waals surface area contributed by atoms with E-state index in [1.165, 1.54) is 11.1 Å². The van der Waals surface area contributed by atoms with Gasteiger partial charge in [0.15, 0.2) is 0 Å². The summed E-state index contributed by atoms with van der Waals surface area (Å²) in [6.07, 6.45) is 3.06. The van der Waals surface area contributed by atoms with Gasteiger partial charge < -0.3 is 15.4 Å². The zero-order valence-corrected chi connectivity index (χ0v) is 13.7. The Balaban J connectivity index is 1.66. The van der Waals surface area contributed by atoms with Gasteiger partial charge in [-0.05, 0) is 23.6 Å². The number of urea groups is 1. The molecule has 2 amide bonds. The highest BCUT2D eigenvalue weighted by atomic mass is 35.5. The average molecular weight is 342 g/mol. The van der Waals surface area contributed by atoms with Crippen LogP contribution in [0.4, 0.5) is 10.5 Å². The van der Waals surface area contributed by atoms with Gasteiger partial charge in [-0.15, -0.1) is 0 Å².